The number of aliphatic hydroxyl groups is 1. The van der Waals surface area contributed by atoms with Gasteiger partial charge >= 0.3 is 0 Å². The maximum absolute atomic E-state index is 11.1. The van der Waals surface area contributed by atoms with E-state index in [9.17, 15) is 13.5 Å². The van der Waals surface area contributed by atoms with Crippen molar-refractivity contribution < 1.29 is 22.1 Å². The Balaban J connectivity index is 2.75. The summed E-state index contributed by atoms with van der Waals surface area (Å²) in [5.74, 6) is 0.315. The Morgan fingerprint density at radius 3 is 2.71 bits per heavy atom. The summed E-state index contributed by atoms with van der Waals surface area (Å²) in [5.41, 5.74) is 0. The Morgan fingerprint density at radius 1 is 1.53 bits per heavy atom. The predicted octanol–water partition coefficient (Wildman–Crippen LogP) is 1.85. The van der Waals surface area contributed by atoms with Crippen LogP contribution in [0.15, 0.2) is 22.8 Å². The summed E-state index contributed by atoms with van der Waals surface area (Å²) >= 11 is 0. The molecule has 1 rings (SSSR count). The molecule has 0 saturated carbocycles. The van der Waals surface area contributed by atoms with Gasteiger partial charge in [0, 0.05) is 0 Å². The van der Waals surface area contributed by atoms with Crippen molar-refractivity contribution in [1.82, 2.24) is 0 Å². The molecule has 2 unspecified atom stereocenters. The van der Waals surface area contributed by atoms with E-state index in [0.29, 0.717) is 12.2 Å². The minimum Gasteiger partial charge on any atom is -0.466 e. The van der Waals surface area contributed by atoms with Gasteiger partial charge in [0.2, 0.25) is 0 Å². The molecule has 2 atom stereocenters. The molecule has 0 aliphatic carbocycles. The average molecular weight is 262 g/mol. The molecule has 0 bridgehead atoms. The molecule has 17 heavy (non-hydrogen) atoms. The molecule has 0 spiro atoms. The molecule has 0 amide bonds. The fourth-order valence-corrected chi connectivity index (χ4v) is 2.18. The largest absolute Gasteiger partial charge is 0.466 e. The summed E-state index contributed by atoms with van der Waals surface area (Å²) in [4.78, 5) is 0. The maximum Gasteiger partial charge on any atom is 0.264 e. The highest BCUT2D eigenvalue weighted by Gasteiger charge is 2.26. The minimum absolute atomic E-state index is 0.315. The molecule has 0 radical (unpaired) electrons. The highest BCUT2D eigenvalue weighted by molar-refractivity contribution is 7.86. The van der Waals surface area contributed by atoms with Crippen LogP contribution in [0.3, 0.4) is 0 Å². The molecule has 0 aliphatic heterocycles. The van der Waals surface area contributed by atoms with Crippen molar-refractivity contribution in [2.24, 2.45) is 0 Å². The lowest BCUT2D eigenvalue weighted by Gasteiger charge is -2.20. The average Bonchev–Trinajstić information content (AvgIpc) is 2.74. The van der Waals surface area contributed by atoms with Gasteiger partial charge in [-0.05, 0) is 18.6 Å². The smallest absolute Gasteiger partial charge is 0.264 e. The minimum atomic E-state index is -3.59. The predicted molar refractivity (Wildman–Crippen MR) is 62.9 cm³/mol. The molecule has 1 aromatic rings. The second-order valence-electron chi connectivity index (χ2n) is 3.94. The van der Waals surface area contributed by atoms with Gasteiger partial charge in [-0.2, -0.15) is 8.42 Å². The summed E-state index contributed by atoms with van der Waals surface area (Å²) in [6.07, 6.45) is 2.68. The summed E-state index contributed by atoms with van der Waals surface area (Å²) in [5, 5.41) is 9.98. The van der Waals surface area contributed by atoms with E-state index in [-0.39, 0.29) is 0 Å². The standard InChI is InChI=1S/C11H18O5S/c1-3-4-6-10(16-17(2,13)14)11(12)9-7-5-8-15-9/h5,7-8,10-12H,3-4,6H2,1-2H3. The number of rotatable bonds is 7. The molecule has 0 aliphatic rings. The van der Waals surface area contributed by atoms with Crippen molar-refractivity contribution in [3.63, 3.8) is 0 Å². The van der Waals surface area contributed by atoms with Crippen molar-refractivity contribution in [2.45, 2.75) is 38.4 Å². The number of unbranched alkanes of at least 4 members (excludes halogenated alkanes) is 1. The van der Waals surface area contributed by atoms with Gasteiger partial charge in [-0.1, -0.05) is 19.8 Å². The Morgan fingerprint density at radius 2 is 2.24 bits per heavy atom. The van der Waals surface area contributed by atoms with Gasteiger partial charge in [-0.25, -0.2) is 0 Å². The van der Waals surface area contributed by atoms with Crippen molar-refractivity contribution in [3.8, 4) is 0 Å². The Labute approximate surface area is 102 Å². The number of hydrogen-bond donors (Lipinski definition) is 1. The molecule has 98 valence electrons. The van der Waals surface area contributed by atoms with Gasteiger partial charge in [-0.3, -0.25) is 4.18 Å². The third kappa shape index (κ3) is 4.89. The number of hydrogen-bond acceptors (Lipinski definition) is 5. The van der Waals surface area contributed by atoms with Crippen LogP contribution in [0.1, 0.15) is 38.1 Å². The van der Waals surface area contributed by atoms with Gasteiger partial charge in [-0.15, -0.1) is 0 Å². The molecule has 5 nitrogen and oxygen atoms in total. The van der Waals surface area contributed by atoms with E-state index in [1.807, 2.05) is 6.92 Å². The fraction of sp³-hybridized carbons (Fsp3) is 0.636. The van der Waals surface area contributed by atoms with Crippen LogP contribution in [0.2, 0.25) is 0 Å². The molecule has 0 aromatic carbocycles. The maximum atomic E-state index is 11.1. The lowest BCUT2D eigenvalue weighted by Crippen LogP contribution is -2.25. The second-order valence-corrected chi connectivity index (χ2v) is 5.54. The molecule has 1 aromatic heterocycles. The van der Waals surface area contributed by atoms with Gasteiger partial charge in [0.25, 0.3) is 10.1 Å². The van der Waals surface area contributed by atoms with Crippen LogP contribution in [0.25, 0.3) is 0 Å². The van der Waals surface area contributed by atoms with E-state index in [2.05, 4.69) is 0 Å². The zero-order valence-corrected chi connectivity index (χ0v) is 10.8. The van der Waals surface area contributed by atoms with Gasteiger partial charge < -0.3 is 9.52 Å². The van der Waals surface area contributed by atoms with Crippen LogP contribution in [-0.2, 0) is 14.3 Å². The zero-order valence-electron chi connectivity index (χ0n) is 10.00. The summed E-state index contributed by atoms with van der Waals surface area (Å²) < 4.78 is 32.2. The van der Waals surface area contributed by atoms with Crippen LogP contribution in [0.4, 0.5) is 0 Å². The van der Waals surface area contributed by atoms with Crippen LogP contribution < -0.4 is 0 Å². The van der Waals surface area contributed by atoms with Crippen LogP contribution in [-0.4, -0.2) is 25.9 Å². The molecule has 1 N–H and O–H groups in total. The van der Waals surface area contributed by atoms with E-state index in [1.54, 1.807) is 12.1 Å². The number of furan rings is 1. The first-order valence-corrected chi connectivity index (χ1v) is 7.35. The second kappa shape index (κ2) is 6.18. The molecular weight excluding hydrogens is 244 g/mol. The SMILES string of the molecule is CCCCC(OS(C)(=O)=O)C(O)c1ccco1. The molecule has 1 heterocycles. The van der Waals surface area contributed by atoms with Crippen LogP contribution >= 0.6 is 0 Å². The summed E-state index contributed by atoms with van der Waals surface area (Å²) in [7, 11) is -3.59. The first-order valence-electron chi connectivity index (χ1n) is 5.53. The van der Waals surface area contributed by atoms with E-state index in [1.165, 1.54) is 6.26 Å². The van der Waals surface area contributed by atoms with Gasteiger partial charge in [0.15, 0.2) is 0 Å². The highest BCUT2D eigenvalue weighted by atomic mass is 32.2. The Kier molecular flexibility index (Phi) is 5.17. The Bertz CT molecular complexity index is 409. The molecule has 0 fully saturated rings. The third-order valence-electron chi connectivity index (χ3n) is 2.33. The Hall–Kier alpha value is -0.850. The third-order valence-corrected chi connectivity index (χ3v) is 2.92. The van der Waals surface area contributed by atoms with Crippen molar-refractivity contribution >= 4 is 10.1 Å². The van der Waals surface area contributed by atoms with E-state index in [4.69, 9.17) is 8.60 Å². The lowest BCUT2D eigenvalue weighted by molar-refractivity contribution is 0.0198. The summed E-state index contributed by atoms with van der Waals surface area (Å²) in [6, 6.07) is 3.23. The molecule has 0 saturated heterocycles. The quantitative estimate of drug-likeness (QED) is 0.759. The first-order chi connectivity index (χ1) is 7.94. The van der Waals surface area contributed by atoms with Crippen LogP contribution in [0, 0.1) is 0 Å². The first kappa shape index (κ1) is 14.2. The highest BCUT2D eigenvalue weighted by Crippen LogP contribution is 2.24. The lowest BCUT2D eigenvalue weighted by atomic mass is 10.1. The normalized spacial score (nSPS) is 15.7. The molecule has 6 heteroatoms. The zero-order chi connectivity index (χ0) is 12.9. The van der Waals surface area contributed by atoms with E-state index < -0.39 is 22.3 Å². The van der Waals surface area contributed by atoms with E-state index in [0.717, 1.165) is 19.1 Å². The number of aliphatic hydroxyl groups excluding tert-OH is 1. The van der Waals surface area contributed by atoms with Crippen molar-refractivity contribution in [2.75, 3.05) is 6.26 Å². The van der Waals surface area contributed by atoms with Gasteiger partial charge in [0.1, 0.15) is 18.0 Å². The van der Waals surface area contributed by atoms with Crippen molar-refractivity contribution in [1.29, 1.82) is 0 Å². The van der Waals surface area contributed by atoms with Crippen LogP contribution in [0.5, 0.6) is 0 Å². The molecular formula is C11H18O5S. The monoisotopic (exact) mass is 262 g/mol. The topological polar surface area (TPSA) is 76.7 Å². The fourth-order valence-electron chi connectivity index (χ4n) is 1.53. The summed E-state index contributed by atoms with van der Waals surface area (Å²) in [6.45, 7) is 1.98. The van der Waals surface area contributed by atoms with E-state index >= 15 is 0 Å². The van der Waals surface area contributed by atoms with Gasteiger partial charge in [0.05, 0.1) is 12.5 Å². The van der Waals surface area contributed by atoms with Crippen molar-refractivity contribution in [3.05, 3.63) is 24.2 Å².